The number of benzene rings is 2. The van der Waals surface area contributed by atoms with Crippen molar-refractivity contribution in [3.05, 3.63) is 53.6 Å². The van der Waals surface area contributed by atoms with E-state index >= 15 is 0 Å². The van der Waals surface area contributed by atoms with E-state index in [9.17, 15) is 9.59 Å². The minimum Gasteiger partial charge on any atom is -0.490 e. The molecule has 7 heteroatoms. The Morgan fingerprint density at radius 3 is 2.03 bits per heavy atom. The zero-order valence-corrected chi connectivity index (χ0v) is 19.8. The fraction of sp³-hybridized carbons (Fsp3) is 0.462. The van der Waals surface area contributed by atoms with Crippen molar-refractivity contribution in [3.8, 4) is 17.2 Å². The van der Waals surface area contributed by atoms with Gasteiger partial charge in [0.15, 0.2) is 11.5 Å². The predicted octanol–water partition coefficient (Wildman–Crippen LogP) is 4.05. The number of hydrogen-bond acceptors (Lipinski definition) is 5. The minimum absolute atomic E-state index is 0.0456. The summed E-state index contributed by atoms with van der Waals surface area (Å²) < 4.78 is 17.2. The molecule has 0 unspecified atom stereocenters. The first-order valence-electron chi connectivity index (χ1n) is 11.7. The largest absolute Gasteiger partial charge is 0.490 e. The van der Waals surface area contributed by atoms with Crippen LogP contribution in [0.15, 0.2) is 42.5 Å². The second kappa shape index (κ2) is 12.1. The van der Waals surface area contributed by atoms with Crippen molar-refractivity contribution in [1.29, 1.82) is 0 Å². The number of carbonyl (C=O) groups is 2. The van der Waals surface area contributed by atoms with E-state index in [1.54, 1.807) is 17.0 Å². The lowest BCUT2D eigenvalue weighted by molar-refractivity contribution is -0.126. The molecule has 0 saturated carbocycles. The van der Waals surface area contributed by atoms with E-state index in [0.717, 1.165) is 5.56 Å². The standard InChI is InChI=1S/C26H34N2O5/c1-4-31-22-16-21(17-23(32-5-2)24(22)33-6-3)26(30)28-14-12-20(13-15-28)25(29)27-18-19-10-8-7-9-11-19/h7-11,16-17,20H,4-6,12-15,18H2,1-3H3,(H,27,29). The molecular formula is C26H34N2O5. The Labute approximate surface area is 196 Å². The first kappa shape index (κ1) is 24.4. The number of nitrogens with zero attached hydrogens (tertiary/aromatic N) is 1. The maximum atomic E-state index is 13.2. The molecule has 1 heterocycles. The van der Waals surface area contributed by atoms with Crippen LogP contribution in [0.25, 0.3) is 0 Å². The van der Waals surface area contributed by atoms with E-state index in [1.807, 2.05) is 51.1 Å². The van der Waals surface area contributed by atoms with Gasteiger partial charge in [-0.2, -0.15) is 0 Å². The molecule has 1 aliphatic heterocycles. The summed E-state index contributed by atoms with van der Waals surface area (Å²) in [5.74, 6) is 1.39. The molecule has 33 heavy (non-hydrogen) atoms. The minimum atomic E-state index is -0.0944. The van der Waals surface area contributed by atoms with E-state index < -0.39 is 0 Å². The highest BCUT2D eigenvalue weighted by molar-refractivity contribution is 5.96. The molecule has 7 nitrogen and oxygen atoms in total. The Hall–Kier alpha value is -3.22. The van der Waals surface area contributed by atoms with Crippen molar-refractivity contribution in [1.82, 2.24) is 10.2 Å². The lowest BCUT2D eigenvalue weighted by Gasteiger charge is -2.31. The van der Waals surface area contributed by atoms with Crippen molar-refractivity contribution in [2.45, 2.75) is 40.2 Å². The second-order valence-electron chi connectivity index (χ2n) is 7.87. The Morgan fingerprint density at radius 2 is 1.48 bits per heavy atom. The molecule has 1 aliphatic rings. The average molecular weight is 455 g/mol. The van der Waals surface area contributed by atoms with E-state index in [1.165, 1.54) is 0 Å². The number of nitrogens with one attached hydrogen (secondary N) is 1. The summed E-state index contributed by atoms with van der Waals surface area (Å²) >= 11 is 0. The van der Waals surface area contributed by atoms with Crippen LogP contribution in [-0.2, 0) is 11.3 Å². The van der Waals surface area contributed by atoms with Crippen LogP contribution in [0.3, 0.4) is 0 Å². The third-order valence-corrected chi connectivity index (χ3v) is 5.62. The number of rotatable bonds is 10. The normalized spacial score (nSPS) is 14.0. The summed E-state index contributed by atoms with van der Waals surface area (Å²) in [5.41, 5.74) is 1.57. The topological polar surface area (TPSA) is 77.1 Å². The van der Waals surface area contributed by atoms with Crippen LogP contribution in [-0.4, -0.2) is 49.6 Å². The molecule has 2 aromatic carbocycles. The summed E-state index contributed by atoms with van der Waals surface area (Å²) in [6.45, 7) is 8.62. The third-order valence-electron chi connectivity index (χ3n) is 5.62. The number of amides is 2. The average Bonchev–Trinajstić information content (AvgIpc) is 2.85. The monoisotopic (exact) mass is 454 g/mol. The SMILES string of the molecule is CCOc1cc(C(=O)N2CCC(C(=O)NCc3ccccc3)CC2)cc(OCC)c1OCC. The molecule has 0 aromatic heterocycles. The maximum absolute atomic E-state index is 13.2. The molecule has 0 radical (unpaired) electrons. The van der Waals surface area contributed by atoms with Crippen LogP contribution >= 0.6 is 0 Å². The number of carbonyl (C=O) groups excluding carboxylic acids is 2. The third kappa shape index (κ3) is 6.40. The number of likely N-dealkylation sites (tertiary alicyclic amines) is 1. The molecule has 0 spiro atoms. The van der Waals surface area contributed by atoms with E-state index in [0.29, 0.717) is 75.1 Å². The lowest BCUT2D eigenvalue weighted by Crippen LogP contribution is -2.43. The molecule has 178 valence electrons. The Morgan fingerprint density at radius 1 is 0.909 bits per heavy atom. The predicted molar refractivity (Wildman–Crippen MR) is 127 cm³/mol. The van der Waals surface area contributed by atoms with Crippen LogP contribution in [0.5, 0.6) is 17.2 Å². The molecule has 1 fully saturated rings. The highest BCUT2D eigenvalue weighted by Crippen LogP contribution is 2.39. The van der Waals surface area contributed by atoms with Gasteiger partial charge in [0, 0.05) is 31.1 Å². The van der Waals surface area contributed by atoms with Crippen LogP contribution in [0.4, 0.5) is 0 Å². The van der Waals surface area contributed by atoms with Crippen molar-refractivity contribution in [2.75, 3.05) is 32.9 Å². The van der Waals surface area contributed by atoms with Gasteiger partial charge in [0.2, 0.25) is 11.7 Å². The molecular weight excluding hydrogens is 420 g/mol. The van der Waals surface area contributed by atoms with Gasteiger partial charge < -0.3 is 24.4 Å². The smallest absolute Gasteiger partial charge is 0.254 e. The van der Waals surface area contributed by atoms with Gasteiger partial charge in [-0.1, -0.05) is 30.3 Å². The van der Waals surface area contributed by atoms with Gasteiger partial charge in [-0.05, 0) is 51.3 Å². The summed E-state index contributed by atoms with van der Waals surface area (Å²) in [4.78, 5) is 27.6. The van der Waals surface area contributed by atoms with Crippen LogP contribution in [0, 0.1) is 5.92 Å². The molecule has 2 aromatic rings. The molecule has 3 rings (SSSR count). The highest BCUT2D eigenvalue weighted by Gasteiger charge is 2.29. The van der Waals surface area contributed by atoms with Gasteiger partial charge >= 0.3 is 0 Å². The summed E-state index contributed by atoms with van der Waals surface area (Å²) in [5, 5.41) is 3.02. The second-order valence-corrected chi connectivity index (χ2v) is 7.87. The molecule has 1 saturated heterocycles. The number of ether oxygens (including phenoxy) is 3. The fourth-order valence-corrected chi connectivity index (χ4v) is 3.97. The van der Waals surface area contributed by atoms with Gasteiger partial charge in [-0.25, -0.2) is 0 Å². The van der Waals surface area contributed by atoms with Gasteiger partial charge in [0.25, 0.3) is 5.91 Å². The van der Waals surface area contributed by atoms with Crippen LogP contribution < -0.4 is 19.5 Å². The Bertz CT molecular complexity index is 897. The van der Waals surface area contributed by atoms with Crippen LogP contribution in [0.1, 0.15) is 49.5 Å². The first-order valence-corrected chi connectivity index (χ1v) is 11.7. The summed E-state index contributed by atoms with van der Waals surface area (Å²) in [7, 11) is 0. The fourth-order valence-electron chi connectivity index (χ4n) is 3.97. The van der Waals surface area contributed by atoms with Gasteiger partial charge in [-0.15, -0.1) is 0 Å². The van der Waals surface area contributed by atoms with Gasteiger partial charge in [0.05, 0.1) is 19.8 Å². The van der Waals surface area contributed by atoms with E-state index in [-0.39, 0.29) is 17.7 Å². The molecule has 0 bridgehead atoms. The number of hydrogen-bond donors (Lipinski definition) is 1. The Kier molecular flexibility index (Phi) is 8.98. The first-order chi connectivity index (χ1) is 16.1. The quantitative estimate of drug-likeness (QED) is 0.586. The zero-order valence-electron chi connectivity index (χ0n) is 19.8. The Balaban J connectivity index is 1.64. The van der Waals surface area contributed by atoms with Gasteiger partial charge in [0.1, 0.15) is 0 Å². The van der Waals surface area contributed by atoms with Crippen LogP contribution in [0.2, 0.25) is 0 Å². The van der Waals surface area contributed by atoms with E-state index in [2.05, 4.69) is 5.32 Å². The molecule has 1 N–H and O–H groups in total. The maximum Gasteiger partial charge on any atom is 0.254 e. The lowest BCUT2D eigenvalue weighted by atomic mass is 9.95. The molecule has 2 amide bonds. The molecule has 0 atom stereocenters. The van der Waals surface area contributed by atoms with E-state index in [4.69, 9.17) is 14.2 Å². The van der Waals surface area contributed by atoms with Crippen molar-refractivity contribution >= 4 is 11.8 Å². The number of piperidine rings is 1. The van der Waals surface area contributed by atoms with Crippen molar-refractivity contribution in [2.24, 2.45) is 5.92 Å². The summed E-state index contributed by atoms with van der Waals surface area (Å²) in [6.07, 6.45) is 1.28. The highest BCUT2D eigenvalue weighted by atomic mass is 16.5. The molecule has 0 aliphatic carbocycles. The van der Waals surface area contributed by atoms with Gasteiger partial charge in [-0.3, -0.25) is 9.59 Å². The zero-order chi connectivity index (χ0) is 23.6. The summed E-state index contributed by atoms with van der Waals surface area (Å²) in [6, 6.07) is 13.3. The van der Waals surface area contributed by atoms with Crippen molar-refractivity contribution < 1.29 is 23.8 Å². The van der Waals surface area contributed by atoms with Crippen molar-refractivity contribution in [3.63, 3.8) is 0 Å².